The summed E-state index contributed by atoms with van der Waals surface area (Å²) in [5.74, 6) is 2.61. The largest absolute Gasteiger partial charge is 0.492 e. The minimum atomic E-state index is 0.0902. The number of carbonyl (C=O) groups is 3. The van der Waals surface area contributed by atoms with Gasteiger partial charge in [-0.1, -0.05) is 88.6 Å². The molecule has 3 aliphatic rings. The summed E-state index contributed by atoms with van der Waals surface area (Å²) >= 11 is 0. The van der Waals surface area contributed by atoms with E-state index in [4.69, 9.17) is 14.2 Å². The molecular formula is C48H69N5O6. The van der Waals surface area contributed by atoms with Crippen LogP contribution in [0.2, 0.25) is 0 Å². The molecule has 322 valence electrons. The van der Waals surface area contributed by atoms with Gasteiger partial charge in [-0.3, -0.25) is 24.2 Å². The number of amides is 3. The lowest BCUT2D eigenvalue weighted by atomic mass is 10.1. The lowest BCUT2D eigenvalue weighted by Crippen LogP contribution is -2.43. The highest BCUT2D eigenvalue weighted by molar-refractivity contribution is 5.94. The van der Waals surface area contributed by atoms with Crippen LogP contribution in [0.25, 0.3) is 0 Å². The fourth-order valence-electron chi connectivity index (χ4n) is 7.66. The quantitative estimate of drug-likeness (QED) is 0.216. The van der Waals surface area contributed by atoms with E-state index in [1.54, 1.807) is 0 Å². The van der Waals surface area contributed by atoms with E-state index in [-0.39, 0.29) is 17.7 Å². The Bertz CT molecular complexity index is 1650. The molecule has 3 aromatic rings. The van der Waals surface area contributed by atoms with Gasteiger partial charge in [-0.15, -0.1) is 0 Å². The number of ether oxygens (including phenoxy) is 3. The van der Waals surface area contributed by atoms with Crippen molar-refractivity contribution in [2.24, 2.45) is 0 Å². The van der Waals surface area contributed by atoms with Crippen molar-refractivity contribution in [2.75, 3.05) is 83.6 Å². The maximum atomic E-state index is 13.9. The second-order valence-corrected chi connectivity index (χ2v) is 15.8. The summed E-state index contributed by atoms with van der Waals surface area (Å²) in [5, 5.41) is 0. The summed E-state index contributed by atoms with van der Waals surface area (Å²) in [7, 11) is 0. The Morgan fingerprint density at radius 2 is 0.898 bits per heavy atom. The summed E-state index contributed by atoms with van der Waals surface area (Å²) in [6.45, 7) is 13.9. The fraction of sp³-hybridized carbons (Fsp3) is 0.562. The summed E-state index contributed by atoms with van der Waals surface area (Å²) in [4.78, 5) is 52.3. The number of para-hydroxylation sites is 4. The van der Waals surface area contributed by atoms with Crippen LogP contribution in [-0.2, 0) is 27.5 Å². The van der Waals surface area contributed by atoms with E-state index >= 15 is 0 Å². The molecule has 3 aromatic carbocycles. The molecule has 59 heavy (non-hydrogen) atoms. The molecular weight excluding hydrogens is 743 g/mol. The van der Waals surface area contributed by atoms with Crippen molar-refractivity contribution >= 4 is 23.4 Å². The van der Waals surface area contributed by atoms with E-state index in [0.717, 1.165) is 66.8 Å². The first kappa shape index (κ1) is 45.5. The van der Waals surface area contributed by atoms with Crippen LogP contribution in [0.15, 0.2) is 72.8 Å². The monoisotopic (exact) mass is 812 g/mol. The second-order valence-electron chi connectivity index (χ2n) is 15.8. The Hall–Kier alpha value is -4.61. The van der Waals surface area contributed by atoms with Crippen LogP contribution < -0.4 is 19.1 Å². The van der Waals surface area contributed by atoms with Crippen molar-refractivity contribution in [3.8, 4) is 17.2 Å². The van der Waals surface area contributed by atoms with Gasteiger partial charge in [-0.2, -0.15) is 0 Å². The van der Waals surface area contributed by atoms with Gasteiger partial charge in [0.25, 0.3) is 0 Å². The molecule has 0 atom stereocenters. The summed E-state index contributed by atoms with van der Waals surface area (Å²) in [6.07, 6.45) is 7.47. The van der Waals surface area contributed by atoms with Crippen LogP contribution in [0.5, 0.6) is 17.2 Å². The average Bonchev–Trinajstić information content (AvgIpc) is 3.25. The smallest absolute Gasteiger partial charge is 0.227 e. The molecule has 0 saturated carbocycles. The van der Waals surface area contributed by atoms with E-state index in [0.29, 0.717) is 123 Å². The molecule has 0 radical (unpaired) electrons. The maximum Gasteiger partial charge on any atom is 0.227 e. The molecule has 3 amide bonds. The molecule has 11 heteroatoms. The Morgan fingerprint density at radius 1 is 0.475 bits per heavy atom. The predicted octanol–water partition coefficient (Wildman–Crippen LogP) is 7.81. The second kappa shape index (κ2) is 25.1. The van der Waals surface area contributed by atoms with Gasteiger partial charge in [0.15, 0.2) is 0 Å². The van der Waals surface area contributed by atoms with Crippen molar-refractivity contribution in [3.05, 3.63) is 83.9 Å². The third-order valence-electron chi connectivity index (χ3n) is 11.3. The van der Waals surface area contributed by atoms with Gasteiger partial charge >= 0.3 is 0 Å². The molecule has 0 aliphatic carbocycles. The number of fused-ring (bicyclic) bond motifs is 15. The molecule has 11 nitrogen and oxygen atoms in total. The first-order chi connectivity index (χ1) is 28.9. The van der Waals surface area contributed by atoms with Gasteiger partial charge in [0, 0.05) is 95.8 Å². The number of benzene rings is 3. The summed E-state index contributed by atoms with van der Waals surface area (Å²) in [5.41, 5.74) is 2.75. The van der Waals surface area contributed by atoms with E-state index < -0.39 is 0 Å². The van der Waals surface area contributed by atoms with Gasteiger partial charge in [0.05, 0.1) is 5.69 Å². The van der Waals surface area contributed by atoms with Crippen molar-refractivity contribution in [2.45, 2.75) is 98.1 Å². The molecule has 0 fully saturated rings. The van der Waals surface area contributed by atoms with Crippen LogP contribution in [0.1, 0.15) is 96.1 Å². The van der Waals surface area contributed by atoms with Crippen LogP contribution in [0, 0.1) is 0 Å². The van der Waals surface area contributed by atoms with Gasteiger partial charge in [-0.05, 0) is 56.5 Å². The number of hydrogen-bond acceptors (Lipinski definition) is 8. The third kappa shape index (κ3) is 14.6. The minimum absolute atomic E-state index is 0.0902. The maximum absolute atomic E-state index is 13.9. The molecule has 0 aromatic heterocycles. The highest BCUT2D eigenvalue weighted by Crippen LogP contribution is 2.30. The molecule has 0 unspecified atom stereocenters. The average molecular weight is 812 g/mol. The fourth-order valence-corrected chi connectivity index (χ4v) is 7.66. The van der Waals surface area contributed by atoms with Crippen LogP contribution in [0.3, 0.4) is 0 Å². The lowest BCUT2D eigenvalue weighted by molar-refractivity contribution is -0.132. The first-order valence-corrected chi connectivity index (χ1v) is 22.3. The van der Waals surface area contributed by atoms with Gasteiger partial charge in [-0.25, -0.2) is 0 Å². The molecule has 2 bridgehead atoms. The number of anilines is 1. The van der Waals surface area contributed by atoms with E-state index in [1.807, 2.05) is 75.4 Å². The SMILES string of the molecule is CCCCC(=O)N1CCN2CCCN(C(=O)CCCC)c3ccccc3OCCN(CCOc3ccccc3C1)CCOc1ccccc1CN(C(=O)CCCC)CC2. The van der Waals surface area contributed by atoms with Crippen molar-refractivity contribution < 1.29 is 28.6 Å². The Labute approximate surface area is 353 Å². The lowest BCUT2D eigenvalue weighted by Gasteiger charge is -2.32. The van der Waals surface area contributed by atoms with E-state index in [1.165, 1.54) is 0 Å². The van der Waals surface area contributed by atoms with Crippen molar-refractivity contribution in [3.63, 3.8) is 0 Å². The van der Waals surface area contributed by atoms with Crippen molar-refractivity contribution in [1.82, 2.24) is 19.6 Å². The zero-order valence-corrected chi connectivity index (χ0v) is 36.1. The highest BCUT2D eigenvalue weighted by atomic mass is 16.5. The first-order valence-electron chi connectivity index (χ1n) is 22.3. The standard InChI is InChI=1S/C48H69N5O6/c1-4-7-23-46(54)51-30-28-49-26-16-27-53(48(56)25-9-6-3)42-19-12-15-22-45(42)59-37-34-50(32-35-57-43-20-13-10-17-40(43)38-51)33-36-58-44-21-14-11-18-41(44)39-52(31-29-49)47(55)24-8-5-2/h10-15,17-22H,4-9,16,23-39H2,1-3H3. The number of nitrogens with zero attached hydrogens (tertiary/aromatic N) is 5. The molecule has 0 spiro atoms. The minimum Gasteiger partial charge on any atom is -0.492 e. The van der Waals surface area contributed by atoms with Crippen LogP contribution in [-0.4, -0.2) is 116 Å². The number of rotatable bonds is 9. The van der Waals surface area contributed by atoms with E-state index in [9.17, 15) is 14.4 Å². The number of hydrogen-bond donors (Lipinski definition) is 0. The van der Waals surface area contributed by atoms with Crippen LogP contribution in [0.4, 0.5) is 5.69 Å². The summed E-state index contributed by atoms with van der Waals surface area (Å²) in [6, 6.07) is 24.0. The zero-order chi connectivity index (χ0) is 41.7. The molecule has 6 rings (SSSR count). The molecule has 0 saturated heterocycles. The highest BCUT2D eigenvalue weighted by Gasteiger charge is 2.24. The number of unbranched alkanes of at least 4 members (excludes halogenated alkanes) is 3. The third-order valence-corrected chi connectivity index (χ3v) is 11.3. The Balaban J connectivity index is 1.56. The normalized spacial score (nSPS) is 18.9. The van der Waals surface area contributed by atoms with Crippen LogP contribution >= 0.6 is 0 Å². The van der Waals surface area contributed by atoms with Gasteiger partial charge < -0.3 is 28.9 Å². The zero-order valence-electron chi connectivity index (χ0n) is 36.1. The topological polar surface area (TPSA) is 95.1 Å². The van der Waals surface area contributed by atoms with Gasteiger partial charge in [0.2, 0.25) is 17.7 Å². The van der Waals surface area contributed by atoms with E-state index in [2.05, 4.69) is 42.7 Å². The Morgan fingerprint density at radius 3 is 1.41 bits per heavy atom. The van der Waals surface area contributed by atoms with Gasteiger partial charge in [0.1, 0.15) is 37.1 Å². The number of carbonyl (C=O) groups excluding carboxylic acids is 3. The molecule has 3 aliphatic heterocycles. The molecule has 3 heterocycles. The Kier molecular flexibility index (Phi) is 19.4. The molecule has 0 N–H and O–H groups in total. The summed E-state index contributed by atoms with van der Waals surface area (Å²) < 4.78 is 19.5. The van der Waals surface area contributed by atoms with Crippen molar-refractivity contribution in [1.29, 1.82) is 0 Å². The predicted molar refractivity (Wildman–Crippen MR) is 235 cm³/mol.